The van der Waals surface area contributed by atoms with E-state index in [9.17, 15) is 4.79 Å². The number of aliphatic carboxylic acids is 1. The van der Waals surface area contributed by atoms with E-state index in [0.717, 1.165) is 0 Å². The first-order valence-electron chi connectivity index (χ1n) is 5.37. The Morgan fingerprint density at radius 3 is 3.40 bits per heavy atom. The fourth-order valence-corrected chi connectivity index (χ4v) is 0.391. The molecular weight excluding hydrogens is 130 g/mol. The van der Waals surface area contributed by atoms with Gasteiger partial charge in [-0.3, -0.25) is 9.78 Å². The van der Waals surface area contributed by atoms with Crippen molar-refractivity contribution in [1.82, 2.24) is 4.98 Å². The second kappa shape index (κ2) is 2.96. The normalized spacial score (nSPS) is 19.2. The van der Waals surface area contributed by atoms with Gasteiger partial charge < -0.3 is 5.11 Å². The van der Waals surface area contributed by atoms with Gasteiger partial charge >= 0.3 is 5.97 Å². The molecule has 52 valence electrons. The Bertz CT molecular complexity index is 461. The lowest BCUT2D eigenvalue weighted by atomic mass is 10.3. The molecule has 0 aliphatic carbocycles. The van der Waals surface area contributed by atoms with Gasteiger partial charge in [0.15, 0.2) is 0 Å². The molecule has 1 aromatic rings. The largest absolute Gasteiger partial charge is 0.481 e. The van der Waals surface area contributed by atoms with Gasteiger partial charge in [-0.15, -0.1) is 0 Å². The Balaban J connectivity index is 3.54. The predicted molar refractivity (Wildman–Crippen MR) is 35.6 cm³/mol. The topological polar surface area (TPSA) is 50.2 Å². The second-order valence-corrected chi connectivity index (χ2v) is 1.38. The number of hydrogen-bond donors (Lipinski definition) is 1. The maximum absolute atomic E-state index is 10.6. The Hall–Kier alpha value is -1.38. The van der Waals surface area contributed by atoms with Crippen molar-refractivity contribution in [1.29, 1.82) is 0 Å². The van der Waals surface area contributed by atoms with Crippen LogP contribution in [0.25, 0.3) is 0 Å². The Labute approximate surface area is 66.8 Å². The fraction of sp³-hybridized carbons (Fsp3) is 0.143. The summed E-state index contributed by atoms with van der Waals surface area (Å²) in [7, 11) is 0. The van der Waals surface area contributed by atoms with Crippen molar-refractivity contribution in [3.63, 3.8) is 0 Å². The maximum atomic E-state index is 10.6. The van der Waals surface area contributed by atoms with Gasteiger partial charge in [0.05, 0.1) is 17.5 Å². The van der Waals surface area contributed by atoms with Gasteiger partial charge in [-0.25, -0.2) is 0 Å². The molecule has 0 aliphatic rings. The van der Waals surface area contributed by atoms with Crippen LogP contribution in [0.1, 0.15) is 13.9 Å². The first-order chi connectivity index (χ1) is 7.19. The number of nitrogens with zero attached hydrogens (tertiary/aromatic N) is 1. The molecule has 0 fully saturated rings. The molecule has 3 heteroatoms. The van der Waals surface area contributed by atoms with Crippen molar-refractivity contribution in [3.05, 3.63) is 30.0 Å². The third-order valence-electron chi connectivity index (χ3n) is 0.692. The van der Waals surface area contributed by atoms with E-state index in [4.69, 9.17) is 13.3 Å². The molecule has 0 bridgehead atoms. The number of carboxylic acids is 1. The van der Waals surface area contributed by atoms with Crippen LogP contribution in [0, 0.1) is 0 Å². The highest BCUT2D eigenvalue weighted by Gasteiger charge is 1.98. The van der Waals surface area contributed by atoms with E-state index >= 15 is 0 Å². The van der Waals surface area contributed by atoms with Gasteiger partial charge in [0.2, 0.25) is 0 Å². The third-order valence-corrected chi connectivity index (χ3v) is 0.692. The molecule has 10 heavy (non-hydrogen) atoms. The smallest absolute Gasteiger partial charge is 0.309 e. The van der Waals surface area contributed by atoms with Crippen molar-refractivity contribution < 1.29 is 18.1 Å². The van der Waals surface area contributed by atoms with Gasteiger partial charge in [-0.1, -0.05) is 6.04 Å². The van der Waals surface area contributed by atoms with E-state index in [2.05, 4.69) is 4.98 Å². The molecule has 1 N–H and O–H groups in total. The Kier molecular flexibility index (Phi) is 0.693. The summed E-state index contributed by atoms with van der Waals surface area (Å²) in [6, 6.07) is -2.12. The zero-order valence-corrected chi connectivity index (χ0v) is 4.80. The highest BCUT2D eigenvalue weighted by molar-refractivity contribution is 5.69. The lowest BCUT2D eigenvalue weighted by Gasteiger charge is -1.91. The fourth-order valence-electron chi connectivity index (χ4n) is 0.391. The summed E-state index contributed by atoms with van der Waals surface area (Å²) >= 11 is 0. The minimum Gasteiger partial charge on any atom is -0.481 e. The van der Waals surface area contributed by atoms with Crippen LogP contribution in [0.15, 0.2) is 24.3 Å². The van der Waals surface area contributed by atoms with E-state index < -0.39 is 42.3 Å². The molecule has 0 aromatic carbocycles. The van der Waals surface area contributed by atoms with E-state index in [1.807, 2.05) is 0 Å². The molecule has 0 radical (unpaired) electrons. The predicted octanol–water partition coefficient (Wildman–Crippen LogP) is 0.709. The van der Waals surface area contributed by atoms with Crippen molar-refractivity contribution in [2.45, 2.75) is 6.37 Å². The van der Waals surface area contributed by atoms with Gasteiger partial charge in [-0.2, -0.15) is 0 Å². The first-order valence-corrected chi connectivity index (χ1v) is 2.37. The molecule has 0 saturated carbocycles. The number of aromatic nitrogens is 1. The van der Waals surface area contributed by atoms with Gasteiger partial charge in [0, 0.05) is 8.91 Å². The summed E-state index contributed by atoms with van der Waals surface area (Å²) in [5.41, 5.74) is -0.828. The number of carboxylic acid groups (broad SMARTS) is 1. The van der Waals surface area contributed by atoms with Crippen LogP contribution in [0.5, 0.6) is 0 Å². The minimum atomic E-state index is -2.95. The molecule has 1 heterocycles. The van der Waals surface area contributed by atoms with E-state index in [0.29, 0.717) is 0 Å². The van der Waals surface area contributed by atoms with Crippen LogP contribution in [0.3, 0.4) is 0 Å². The molecule has 0 atom stereocenters. The van der Waals surface area contributed by atoms with Crippen LogP contribution in [-0.4, -0.2) is 16.1 Å². The second-order valence-electron chi connectivity index (χ2n) is 1.38. The van der Waals surface area contributed by atoms with Crippen LogP contribution in [0.4, 0.5) is 0 Å². The zero-order valence-electron chi connectivity index (χ0n) is 10.8. The SMILES string of the molecule is [2H]c1nc(C([2H])([2H])C(=O)O)c([2H])c([2H])c1[2H]. The van der Waals surface area contributed by atoms with Crippen molar-refractivity contribution in [2.75, 3.05) is 0 Å². The molecule has 1 aromatic heterocycles. The Morgan fingerprint density at radius 2 is 2.70 bits per heavy atom. The zero-order chi connectivity index (χ0) is 12.7. The van der Waals surface area contributed by atoms with Crippen LogP contribution in [0.2, 0.25) is 0 Å². The number of pyridine rings is 1. The quantitative estimate of drug-likeness (QED) is 0.663. The molecule has 3 nitrogen and oxygen atoms in total. The average Bonchev–Trinajstić information content (AvgIpc) is 2.19. The molecule has 0 aliphatic heterocycles. The lowest BCUT2D eigenvalue weighted by molar-refractivity contribution is -0.136. The van der Waals surface area contributed by atoms with Gasteiger partial charge in [0.1, 0.15) is 0 Å². The summed E-state index contributed by atoms with van der Waals surface area (Å²) in [6.45, 7) is 0. The molecular formula is C7H7NO2. The van der Waals surface area contributed by atoms with Crippen molar-refractivity contribution >= 4 is 5.97 Å². The maximum Gasteiger partial charge on any atom is 0.309 e. The van der Waals surface area contributed by atoms with Crippen LogP contribution < -0.4 is 0 Å². The van der Waals surface area contributed by atoms with Crippen LogP contribution in [-0.2, 0) is 11.2 Å². The standard InChI is InChI=1S/C7H7NO2/c9-7(10)5-6-3-1-2-4-8-6/h1-4H,5H2,(H,9,10)/i1D,2D,3D,4D,5D2. The third kappa shape index (κ3) is 1.85. The van der Waals surface area contributed by atoms with Gasteiger partial charge in [0.25, 0.3) is 0 Å². The van der Waals surface area contributed by atoms with Crippen LogP contribution >= 0.6 is 0 Å². The highest BCUT2D eigenvalue weighted by Crippen LogP contribution is 1.93. The number of rotatable bonds is 2. The highest BCUT2D eigenvalue weighted by atomic mass is 16.4. The van der Waals surface area contributed by atoms with E-state index in [1.54, 1.807) is 0 Å². The van der Waals surface area contributed by atoms with E-state index in [1.165, 1.54) is 0 Å². The van der Waals surface area contributed by atoms with Crippen molar-refractivity contribution in [2.24, 2.45) is 0 Å². The van der Waals surface area contributed by atoms with E-state index in [-0.39, 0.29) is 0 Å². The summed E-state index contributed by atoms with van der Waals surface area (Å²) in [4.78, 5) is 13.9. The Morgan fingerprint density at radius 1 is 1.90 bits per heavy atom. The molecule has 0 saturated heterocycles. The summed E-state index contributed by atoms with van der Waals surface area (Å²) < 4.78 is 43.3. The molecule has 0 amide bonds. The summed E-state index contributed by atoms with van der Waals surface area (Å²) in [5, 5.41) is 8.60. The molecule has 0 spiro atoms. The monoisotopic (exact) mass is 143 g/mol. The van der Waals surface area contributed by atoms with Crippen molar-refractivity contribution in [3.8, 4) is 0 Å². The average molecular weight is 143 g/mol. The number of hydrogen-bond acceptors (Lipinski definition) is 2. The first kappa shape index (κ1) is 2.34. The number of carbonyl (C=O) groups is 1. The van der Waals surface area contributed by atoms with Gasteiger partial charge in [-0.05, 0) is 12.1 Å². The minimum absolute atomic E-state index is 0.630. The lowest BCUT2D eigenvalue weighted by Crippen LogP contribution is -2.01. The summed E-state index contributed by atoms with van der Waals surface area (Å²) in [5.74, 6) is -1.86. The molecule has 0 unspecified atom stereocenters. The summed E-state index contributed by atoms with van der Waals surface area (Å²) in [6.07, 6.45) is -3.67. The molecule has 1 rings (SSSR count).